The Morgan fingerprint density at radius 3 is 2.53 bits per heavy atom. The van der Waals surface area contributed by atoms with Crippen LogP contribution in [0.4, 0.5) is 23.8 Å². The zero-order valence-corrected chi connectivity index (χ0v) is 16.9. The molecule has 2 fully saturated rings. The number of hydrogen-bond donors (Lipinski definition) is 1. The van der Waals surface area contributed by atoms with Gasteiger partial charge in [-0.15, -0.1) is 11.3 Å². The second-order valence-electron chi connectivity index (χ2n) is 7.35. The Balaban J connectivity index is 1.55. The van der Waals surface area contributed by atoms with Gasteiger partial charge in [-0.05, 0) is 18.9 Å². The number of carbonyl (C=O) groups is 2. The number of fused-ring (bicyclic) bond motifs is 1. The number of pyridine rings is 1. The summed E-state index contributed by atoms with van der Waals surface area (Å²) in [7, 11) is 1.17. The number of alkyl carbamates (subject to hydrolysis) is 1. The standard InChI is InChI=1S/C19H20F3N3O4S/c1-28-17(26)12-9-30-16-13(19(20,21)22)8-14(24-15(12)16)25-6-4-11(5-7-25)29-18(27)23-10-2-3-10/h8-11H,2-7H2,1H3,(H,23,27). The molecule has 0 bridgehead atoms. The molecule has 2 aromatic heterocycles. The first-order chi connectivity index (χ1) is 14.3. The third-order valence-electron chi connectivity index (χ3n) is 5.16. The van der Waals surface area contributed by atoms with Gasteiger partial charge in [-0.2, -0.15) is 13.2 Å². The number of aromatic nitrogens is 1. The summed E-state index contributed by atoms with van der Waals surface area (Å²) in [5, 5.41) is 4.09. The average Bonchev–Trinajstić information content (AvgIpc) is 3.41. The summed E-state index contributed by atoms with van der Waals surface area (Å²) in [5.74, 6) is -0.591. The SMILES string of the molecule is COC(=O)c1csc2c(C(F)(F)F)cc(N3CCC(OC(=O)NC4CC4)CC3)nc12. The number of nitrogens with one attached hydrogen (secondary N) is 1. The van der Waals surface area contributed by atoms with Gasteiger partial charge in [0.1, 0.15) is 11.9 Å². The second kappa shape index (κ2) is 7.93. The lowest BCUT2D eigenvalue weighted by molar-refractivity contribution is -0.136. The molecule has 7 nitrogen and oxygen atoms in total. The summed E-state index contributed by atoms with van der Waals surface area (Å²) in [6, 6.07) is 1.21. The Morgan fingerprint density at radius 1 is 1.23 bits per heavy atom. The van der Waals surface area contributed by atoms with Gasteiger partial charge in [0.2, 0.25) is 0 Å². The second-order valence-corrected chi connectivity index (χ2v) is 8.23. The van der Waals surface area contributed by atoms with E-state index in [1.165, 1.54) is 12.5 Å². The molecule has 2 aliphatic rings. The summed E-state index contributed by atoms with van der Waals surface area (Å²) in [6.45, 7) is 0.768. The minimum atomic E-state index is -4.59. The van der Waals surface area contributed by atoms with Gasteiger partial charge < -0.3 is 19.7 Å². The first-order valence-corrected chi connectivity index (χ1v) is 10.4. The van der Waals surface area contributed by atoms with Crippen LogP contribution in [0.15, 0.2) is 11.4 Å². The molecular formula is C19H20F3N3O4S. The smallest absolute Gasteiger partial charge is 0.417 e. The van der Waals surface area contributed by atoms with Gasteiger partial charge in [-0.1, -0.05) is 0 Å². The monoisotopic (exact) mass is 443 g/mol. The predicted molar refractivity (Wildman–Crippen MR) is 104 cm³/mol. The Labute approximate surface area is 174 Å². The van der Waals surface area contributed by atoms with Crippen molar-refractivity contribution in [2.45, 2.75) is 44.0 Å². The van der Waals surface area contributed by atoms with Gasteiger partial charge >= 0.3 is 18.2 Å². The molecule has 0 unspecified atom stereocenters. The fourth-order valence-corrected chi connectivity index (χ4v) is 4.42. The first kappa shape index (κ1) is 20.7. The van der Waals surface area contributed by atoms with Crippen LogP contribution in [0.1, 0.15) is 41.6 Å². The van der Waals surface area contributed by atoms with Crippen LogP contribution in [0.5, 0.6) is 0 Å². The Hall–Kier alpha value is -2.56. The van der Waals surface area contributed by atoms with E-state index in [0.29, 0.717) is 25.9 Å². The molecule has 4 rings (SSSR count). The van der Waals surface area contributed by atoms with Crippen LogP contribution in [0.3, 0.4) is 0 Å². The van der Waals surface area contributed by atoms with Crippen LogP contribution in [-0.4, -0.2) is 49.4 Å². The number of thiophene rings is 1. The molecule has 0 radical (unpaired) electrons. The number of anilines is 1. The maximum Gasteiger partial charge on any atom is 0.417 e. The van der Waals surface area contributed by atoms with E-state index in [9.17, 15) is 22.8 Å². The number of hydrogen-bond acceptors (Lipinski definition) is 7. The van der Waals surface area contributed by atoms with Gasteiger partial charge in [-0.3, -0.25) is 0 Å². The van der Waals surface area contributed by atoms with Crippen molar-refractivity contribution in [3.63, 3.8) is 0 Å². The van der Waals surface area contributed by atoms with E-state index in [0.717, 1.165) is 30.2 Å². The molecule has 1 N–H and O–H groups in total. The lowest BCUT2D eigenvalue weighted by atomic mass is 10.1. The number of methoxy groups -OCH3 is 1. The largest absolute Gasteiger partial charge is 0.465 e. The molecule has 1 amide bonds. The maximum atomic E-state index is 13.7. The number of nitrogens with zero attached hydrogens (tertiary/aromatic N) is 2. The normalized spacial score (nSPS) is 17.8. The number of halogens is 3. The zero-order valence-electron chi connectivity index (χ0n) is 16.1. The van der Waals surface area contributed by atoms with Crippen molar-refractivity contribution in [1.82, 2.24) is 10.3 Å². The van der Waals surface area contributed by atoms with E-state index in [4.69, 9.17) is 4.74 Å². The Bertz CT molecular complexity index is 966. The number of rotatable bonds is 4. The van der Waals surface area contributed by atoms with Crippen molar-refractivity contribution in [2.24, 2.45) is 0 Å². The van der Waals surface area contributed by atoms with E-state index in [1.54, 1.807) is 4.90 Å². The van der Waals surface area contributed by atoms with Gasteiger partial charge in [0, 0.05) is 37.4 Å². The highest BCUT2D eigenvalue weighted by atomic mass is 32.1. The zero-order chi connectivity index (χ0) is 21.5. The van der Waals surface area contributed by atoms with E-state index in [1.807, 2.05) is 0 Å². The lowest BCUT2D eigenvalue weighted by Gasteiger charge is -2.32. The van der Waals surface area contributed by atoms with Gasteiger partial charge in [0.15, 0.2) is 0 Å². The van der Waals surface area contributed by atoms with E-state index >= 15 is 0 Å². The molecular weight excluding hydrogens is 423 g/mol. The molecule has 0 spiro atoms. The maximum absolute atomic E-state index is 13.7. The minimum Gasteiger partial charge on any atom is -0.465 e. The molecule has 1 saturated carbocycles. The van der Waals surface area contributed by atoms with E-state index < -0.39 is 23.8 Å². The molecule has 1 aliphatic carbocycles. The van der Waals surface area contributed by atoms with Crippen LogP contribution in [0.25, 0.3) is 10.2 Å². The highest BCUT2D eigenvalue weighted by Gasteiger charge is 2.36. The molecule has 30 heavy (non-hydrogen) atoms. The molecule has 2 aromatic rings. The molecule has 0 aromatic carbocycles. The third kappa shape index (κ3) is 4.30. The summed E-state index contributed by atoms with van der Waals surface area (Å²) >= 11 is 0.817. The van der Waals surface area contributed by atoms with Crippen molar-refractivity contribution in [3.05, 3.63) is 22.6 Å². The number of esters is 1. The summed E-state index contributed by atoms with van der Waals surface area (Å²) in [4.78, 5) is 29.8. The molecule has 11 heteroatoms. The summed E-state index contributed by atoms with van der Waals surface area (Å²) in [5.41, 5.74) is -0.830. The van der Waals surface area contributed by atoms with Gasteiger partial charge in [0.25, 0.3) is 0 Å². The quantitative estimate of drug-likeness (QED) is 0.721. The third-order valence-corrected chi connectivity index (χ3v) is 6.16. The molecule has 1 saturated heterocycles. The summed E-state index contributed by atoms with van der Waals surface area (Å²) < 4.78 is 50.9. The molecule has 162 valence electrons. The highest BCUT2D eigenvalue weighted by molar-refractivity contribution is 7.17. The molecule has 0 atom stereocenters. The van der Waals surface area contributed by atoms with Crippen LogP contribution in [-0.2, 0) is 15.7 Å². The number of piperidine rings is 1. The number of alkyl halides is 3. The first-order valence-electron chi connectivity index (χ1n) is 9.56. The average molecular weight is 443 g/mol. The van der Waals surface area contributed by atoms with Crippen molar-refractivity contribution in [1.29, 1.82) is 0 Å². The van der Waals surface area contributed by atoms with Crippen molar-refractivity contribution in [3.8, 4) is 0 Å². The Morgan fingerprint density at radius 2 is 1.93 bits per heavy atom. The van der Waals surface area contributed by atoms with Crippen LogP contribution < -0.4 is 10.2 Å². The fourth-order valence-electron chi connectivity index (χ4n) is 3.41. The predicted octanol–water partition coefficient (Wildman–Crippen LogP) is 3.96. The number of carbonyl (C=O) groups excluding carboxylic acids is 2. The molecule has 1 aliphatic heterocycles. The van der Waals surface area contributed by atoms with Crippen molar-refractivity contribution < 1.29 is 32.2 Å². The topological polar surface area (TPSA) is 80.8 Å². The van der Waals surface area contributed by atoms with Crippen LogP contribution in [0, 0.1) is 0 Å². The van der Waals surface area contributed by atoms with Gasteiger partial charge in [-0.25, -0.2) is 14.6 Å². The van der Waals surface area contributed by atoms with Crippen LogP contribution >= 0.6 is 11.3 Å². The van der Waals surface area contributed by atoms with Crippen molar-refractivity contribution in [2.75, 3.05) is 25.1 Å². The molecule has 3 heterocycles. The minimum absolute atomic E-state index is 0.0137. The van der Waals surface area contributed by atoms with Gasteiger partial charge in [0.05, 0.1) is 28.5 Å². The van der Waals surface area contributed by atoms with E-state index in [-0.39, 0.29) is 33.7 Å². The Kier molecular flexibility index (Phi) is 5.48. The van der Waals surface area contributed by atoms with Crippen LogP contribution in [0.2, 0.25) is 0 Å². The van der Waals surface area contributed by atoms with E-state index in [2.05, 4.69) is 15.0 Å². The highest BCUT2D eigenvalue weighted by Crippen LogP contribution is 2.40. The number of ether oxygens (including phenoxy) is 2. The fraction of sp³-hybridized carbons (Fsp3) is 0.526. The van der Waals surface area contributed by atoms with Crippen molar-refractivity contribution >= 4 is 39.4 Å². The summed E-state index contributed by atoms with van der Waals surface area (Å²) in [6.07, 6.45) is -2.46. The number of amides is 1. The lowest BCUT2D eigenvalue weighted by Crippen LogP contribution is -2.40.